The molecule has 0 radical (unpaired) electrons. The van der Waals surface area contributed by atoms with E-state index >= 15 is 0 Å². The third-order valence-electron chi connectivity index (χ3n) is 3.80. The van der Waals surface area contributed by atoms with Gasteiger partial charge in [0, 0.05) is 5.56 Å². The van der Waals surface area contributed by atoms with E-state index in [2.05, 4.69) is 70.2 Å². The summed E-state index contributed by atoms with van der Waals surface area (Å²) in [4.78, 5) is 0. The fraction of sp³-hybridized carbons (Fsp3) is 0.429. The van der Waals surface area contributed by atoms with Gasteiger partial charge in [0.25, 0.3) is 0 Å². The maximum absolute atomic E-state index is 5.98. The van der Waals surface area contributed by atoms with Crippen molar-refractivity contribution in [2.75, 3.05) is 6.61 Å². The van der Waals surface area contributed by atoms with Crippen LogP contribution in [0.5, 0.6) is 5.75 Å². The molecule has 0 aliphatic rings. The predicted molar refractivity (Wildman–Crippen MR) is 95.6 cm³/mol. The lowest BCUT2D eigenvalue weighted by atomic mass is 9.98. The summed E-state index contributed by atoms with van der Waals surface area (Å²) in [6, 6.07) is 15.4. The molecule has 0 aliphatic heterocycles. The molecule has 0 aromatic heterocycles. The summed E-state index contributed by atoms with van der Waals surface area (Å²) >= 11 is 0. The maximum Gasteiger partial charge on any atom is 0.127 e. The molecule has 0 bridgehead atoms. The van der Waals surface area contributed by atoms with Gasteiger partial charge in [-0.3, -0.25) is 0 Å². The molecule has 2 aromatic rings. The third-order valence-corrected chi connectivity index (χ3v) is 3.80. The molecule has 0 fully saturated rings. The highest BCUT2D eigenvalue weighted by atomic mass is 16.5. The van der Waals surface area contributed by atoms with Crippen molar-refractivity contribution in [1.82, 2.24) is 0 Å². The van der Waals surface area contributed by atoms with Crippen LogP contribution in [0, 0.1) is 12.8 Å². The molecule has 1 nitrogen and oxygen atoms in total. The Kier molecular flexibility index (Phi) is 6.06. The van der Waals surface area contributed by atoms with Crippen molar-refractivity contribution >= 4 is 0 Å². The second kappa shape index (κ2) is 8.03. The Morgan fingerprint density at radius 1 is 1.00 bits per heavy atom. The van der Waals surface area contributed by atoms with Gasteiger partial charge in [0.1, 0.15) is 5.75 Å². The van der Waals surface area contributed by atoms with Crippen molar-refractivity contribution in [3.05, 3.63) is 53.6 Å². The standard InChI is InChI=1S/C21H28O/c1-5-6-13-22-21-12-7-17(4)15-20(21)19-10-8-18(9-11-19)14-16(2)3/h7-12,15-16H,5-6,13-14H2,1-4H3. The first kappa shape index (κ1) is 16.6. The summed E-state index contributed by atoms with van der Waals surface area (Å²) in [5.74, 6) is 1.69. The van der Waals surface area contributed by atoms with Crippen LogP contribution in [0.2, 0.25) is 0 Å². The Hall–Kier alpha value is -1.76. The Balaban J connectivity index is 2.24. The number of hydrogen-bond donors (Lipinski definition) is 0. The van der Waals surface area contributed by atoms with Gasteiger partial charge in [0.2, 0.25) is 0 Å². The molecule has 22 heavy (non-hydrogen) atoms. The van der Waals surface area contributed by atoms with Crippen LogP contribution in [-0.2, 0) is 6.42 Å². The zero-order valence-corrected chi connectivity index (χ0v) is 14.4. The van der Waals surface area contributed by atoms with E-state index in [-0.39, 0.29) is 0 Å². The molecular formula is C21H28O. The fourth-order valence-corrected chi connectivity index (χ4v) is 2.61. The van der Waals surface area contributed by atoms with Gasteiger partial charge in [-0.05, 0) is 48.9 Å². The van der Waals surface area contributed by atoms with Crippen LogP contribution in [0.1, 0.15) is 44.7 Å². The molecule has 0 amide bonds. The minimum absolute atomic E-state index is 0.692. The Bertz CT molecular complexity index is 581. The van der Waals surface area contributed by atoms with Crippen LogP contribution >= 0.6 is 0 Å². The molecule has 118 valence electrons. The van der Waals surface area contributed by atoms with Gasteiger partial charge < -0.3 is 4.74 Å². The average molecular weight is 296 g/mol. The van der Waals surface area contributed by atoms with E-state index in [1.54, 1.807) is 0 Å². The summed E-state index contributed by atoms with van der Waals surface area (Å²) in [6.07, 6.45) is 3.39. The van der Waals surface area contributed by atoms with E-state index in [1.807, 2.05) is 0 Å². The molecule has 0 saturated carbocycles. The SMILES string of the molecule is CCCCOc1ccc(C)cc1-c1ccc(CC(C)C)cc1. The number of benzene rings is 2. The molecule has 0 spiro atoms. The van der Waals surface area contributed by atoms with Gasteiger partial charge in [-0.1, -0.05) is 63.1 Å². The summed E-state index contributed by atoms with van der Waals surface area (Å²) in [6.45, 7) is 9.62. The summed E-state index contributed by atoms with van der Waals surface area (Å²) in [5.41, 5.74) is 5.11. The molecule has 0 unspecified atom stereocenters. The van der Waals surface area contributed by atoms with E-state index in [0.717, 1.165) is 31.6 Å². The van der Waals surface area contributed by atoms with Crippen LogP contribution in [0.3, 0.4) is 0 Å². The average Bonchev–Trinajstić information content (AvgIpc) is 2.49. The second-order valence-electron chi connectivity index (χ2n) is 6.50. The van der Waals surface area contributed by atoms with Crippen LogP contribution in [0.15, 0.2) is 42.5 Å². The van der Waals surface area contributed by atoms with Crippen molar-refractivity contribution in [3.8, 4) is 16.9 Å². The second-order valence-corrected chi connectivity index (χ2v) is 6.50. The van der Waals surface area contributed by atoms with Crippen molar-refractivity contribution in [1.29, 1.82) is 0 Å². The molecule has 2 aromatic carbocycles. The third kappa shape index (κ3) is 4.62. The van der Waals surface area contributed by atoms with Crippen molar-refractivity contribution in [2.45, 2.75) is 47.0 Å². The molecule has 2 rings (SSSR count). The van der Waals surface area contributed by atoms with Gasteiger partial charge in [0.15, 0.2) is 0 Å². The first-order valence-electron chi connectivity index (χ1n) is 8.43. The summed E-state index contributed by atoms with van der Waals surface area (Å²) < 4.78 is 5.98. The minimum Gasteiger partial charge on any atom is -0.493 e. The van der Waals surface area contributed by atoms with E-state index < -0.39 is 0 Å². The first-order chi connectivity index (χ1) is 10.6. The number of hydrogen-bond acceptors (Lipinski definition) is 1. The highest BCUT2D eigenvalue weighted by Crippen LogP contribution is 2.31. The predicted octanol–water partition coefficient (Wildman–Crippen LogP) is 6.04. The first-order valence-corrected chi connectivity index (χ1v) is 8.43. The van der Waals surface area contributed by atoms with Gasteiger partial charge in [-0.2, -0.15) is 0 Å². The smallest absolute Gasteiger partial charge is 0.127 e. The molecular weight excluding hydrogens is 268 g/mol. The largest absolute Gasteiger partial charge is 0.493 e. The fourth-order valence-electron chi connectivity index (χ4n) is 2.61. The lowest BCUT2D eigenvalue weighted by molar-refractivity contribution is 0.310. The van der Waals surface area contributed by atoms with Crippen molar-refractivity contribution in [2.24, 2.45) is 5.92 Å². The van der Waals surface area contributed by atoms with E-state index in [4.69, 9.17) is 4.74 Å². The molecule has 0 atom stereocenters. The van der Waals surface area contributed by atoms with Crippen LogP contribution in [-0.4, -0.2) is 6.61 Å². The van der Waals surface area contributed by atoms with Gasteiger partial charge in [-0.25, -0.2) is 0 Å². The maximum atomic E-state index is 5.98. The molecule has 0 saturated heterocycles. The van der Waals surface area contributed by atoms with E-state index in [0.29, 0.717) is 5.92 Å². The monoisotopic (exact) mass is 296 g/mol. The van der Waals surface area contributed by atoms with E-state index in [9.17, 15) is 0 Å². The van der Waals surface area contributed by atoms with Crippen LogP contribution in [0.4, 0.5) is 0 Å². The Labute approximate surface area is 135 Å². The highest BCUT2D eigenvalue weighted by molar-refractivity contribution is 5.71. The Morgan fingerprint density at radius 3 is 2.36 bits per heavy atom. The van der Waals surface area contributed by atoms with Crippen LogP contribution in [0.25, 0.3) is 11.1 Å². The zero-order valence-electron chi connectivity index (χ0n) is 14.4. The molecule has 0 aliphatic carbocycles. The van der Waals surface area contributed by atoms with E-state index in [1.165, 1.54) is 22.3 Å². The molecule has 0 N–H and O–H groups in total. The molecule has 0 heterocycles. The summed E-state index contributed by atoms with van der Waals surface area (Å²) in [5, 5.41) is 0. The van der Waals surface area contributed by atoms with Crippen molar-refractivity contribution in [3.63, 3.8) is 0 Å². The topological polar surface area (TPSA) is 9.23 Å². The number of ether oxygens (including phenoxy) is 1. The molecule has 1 heteroatoms. The lowest BCUT2D eigenvalue weighted by Crippen LogP contribution is -1.99. The quantitative estimate of drug-likeness (QED) is 0.566. The summed E-state index contributed by atoms with van der Waals surface area (Å²) in [7, 11) is 0. The van der Waals surface area contributed by atoms with Gasteiger partial charge >= 0.3 is 0 Å². The Morgan fingerprint density at radius 2 is 1.73 bits per heavy atom. The van der Waals surface area contributed by atoms with Gasteiger partial charge in [-0.15, -0.1) is 0 Å². The zero-order chi connectivity index (χ0) is 15.9. The van der Waals surface area contributed by atoms with Crippen LogP contribution < -0.4 is 4.74 Å². The number of unbranched alkanes of at least 4 members (excludes halogenated alkanes) is 1. The van der Waals surface area contributed by atoms with Crippen molar-refractivity contribution < 1.29 is 4.74 Å². The minimum atomic E-state index is 0.692. The lowest BCUT2D eigenvalue weighted by Gasteiger charge is -2.13. The number of rotatable bonds is 7. The normalized spacial score (nSPS) is 11.0. The van der Waals surface area contributed by atoms with Gasteiger partial charge in [0.05, 0.1) is 6.61 Å². The highest BCUT2D eigenvalue weighted by Gasteiger charge is 2.07. The number of aryl methyl sites for hydroxylation is 1.